The SMILES string of the molecule is NCC(=O)NCC(=O)NCCC(N)=O. The highest BCUT2D eigenvalue weighted by Gasteiger charge is 2.03. The minimum Gasteiger partial charge on any atom is -0.370 e. The quantitative estimate of drug-likeness (QED) is 0.367. The largest absolute Gasteiger partial charge is 0.370 e. The van der Waals surface area contributed by atoms with E-state index in [0.29, 0.717) is 0 Å². The first-order valence-corrected chi connectivity index (χ1v) is 4.08. The molecule has 0 unspecified atom stereocenters. The highest BCUT2D eigenvalue weighted by Crippen LogP contribution is 1.73. The molecular formula is C7H14N4O3. The third-order valence-corrected chi connectivity index (χ3v) is 1.33. The zero-order valence-electron chi connectivity index (χ0n) is 7.71. The van der Waals surface area contributed by atoms with E-state index in [0.717, 1.165) is 0 Å². The van der Waals surface area contributed by atoms with Crippen LogP contribution in [0.1, 0.15) is 6.42 Å². The van der Waals surface area contributed by atoms with Crippen molar-refractivity contribution in [2.45, 2.75) is 6.42 Å². The molecule has 0 aliphatic rings. The summed E-state index contributed by atoms with van der Waals surface area (Å²) in [6.07, 6.45) is 0.0799. The molecule has 0 aromatic carbocycles. The van der Waals surface area contributed by atoms with Crippen LogP contribution in [0.2, 0.25) is 0 Å². The first-order chi connectivity index (χ1) is 6.56. The number of carbonyl (C=O) groups excluding carboxylic acids is 3. The molecule has 80 valence electrons. The third-order valence-electron chi connectivity index (χ3n) is 1.33. The number of rotatable bonds is 6. The Bertz CT molecular complexity index is 229. The minimum absolute atomic E-state index is 0.0799. The molecule has 7 heteroatoms. The van der Waals surface area contributed by atoms with Crippen LogP contribution < -0.4 is 22.1 Å². The van der Waals surface area contributed by atoms with E-state index < -0.39 is 11.8 Å². The number of hydrogen-bond acceptors (Lipinski definition) is 4. The summed E-state index contributed by atoms with van der Waals surface area (Å²) >= 11 is 0. The molecule has 0 rings (SSSR count). The van der Waals surface area contributed by atoms with E-state index in [2.05, 4.69) is 10.6 Å². The molecule has 0 saturated carbocycles. The van der Waals surface area contributed by atoms with E-state index in [1.54, 1.807) is 0 Å². The topological polar surface area (TPSA) is 127 Å². The Hall–Kier alpha value is -1.63. The van der Waals surface area contributed by atoms with Gasteiger partial charge in [0.1, 0.15) is 0 Å². The number of hydrogen-bond donors (Lipinski definition) is 4. The highest BCUT2D eigenvalue weighted by molar-refractivity contribution is 5.85. The van der Waals surface area contributed by atoms with Gasteiger partial charge < -0.3 is 22.1 Å². The first-order valence-electron chi connectivity index (χ1n) is 4.08. The Labute approximate surface area is 81.2 Å². The molecule has 0 aromatic heterocycles. The third kappa shape index (κ3) is 7.04. The van der Waals surface area contributed by atoms with Crippen LogP contribution in [0.5, 0.6) is 0 Å². The molecule has 0 radical (unpaired) electrons. The van der Waals surface area contributed by atoms with Crippen molar-refractivity contribution in [1.29, 1.82) is 0 Å². The number of nitrogens with two attached hydrogens (primary N) is 2. The van der Waals surface area contributed by atoms with Gasteiger partial charge in [0, 0.05) is 13.0 Å². The highest BCUT2D eigenvalue weighted by atomic mass is 16.2. The van der Waals surface area contributed by atoms with E-state index in [4.69, 9.17) is 11.5 Å². The Morgan fingerprint density at radius 1 is 1.07 bits per heavy atom. The molecule has 0 aliphatic carbocycles. The fraction of sp³-hybridized carbons (Fsp3) is 0.571. The van der Waals surface area contributed by atoms with Crippen molar-refractivity contribution in [1.82, 2.24) is 10.6 Å². The first kappa shape index (κ1) is 12.4. The predicted molar refractivity (Wildman–Crippen MR) is 48.9 cm³/mol. The normalized spacial score (nSPS) is 9.21. The average Bonchev–Trinajstić information content (AvgIpc) is 2.13. The summed E-state index contributed by atoms with van der Waals surface area (Å²) < 4.78 is 0. The number of primary amides is 1. The van der Waals surface area contributed by atoms with Crippen molar-refractivity contribution in [3.8, 4) is 0 Å². The van der Waals surface area contributed by atoms with E-state index in [9.17, 15) is 14.4 Å². The maximum atomic E-state index is 10.9. The maximum absolute atomic E-state index is 10.9. The second-order valence-electron chi connectivity index (χ2n) is 2.55. The van der Waals surface area contributed by atoms with E-state index in [-0.39, 0.29) is 32.0 Å². The smallest absolute Gasteiger partial charge is 0.239 e. The van der Waals surface area contributed by atoms with E-state index in [1.165, 1.54) is 0 Å². The Kier molecular flexibility index (Phi) is 6.04. The van der Waals surface area contributed by atoms with Gasteiger partial charge in [-0.3, -0.25) is 14.4 Å². The van der Waals surface area contributed by atoms with Crippen LogP contribution in [0, 0.1) is 0 Å². The fourth-order valence-electron chi connectivity index (χ4n) is 0.639. The van der Waals surface area contributed by atoms with Crippen molar-refractivity contribution in [3.63, 3.8) is 0 Å². The Morgan fingerprint density at radius 2 is 1.71 bits per heavy atom. The summed E-state index contributed by atoms with van der Waals surface area (Å²) in [5.74, 6) is -1.28. The van der Waals surface area contributed by atoms with E-state index in [1.807, 2.05) is 0 Å². The molecule has 0 fully saturated rings. The molecule has 0 saturated heterocycles. The minimum atomic E-state index is -0.490. The van der Waals surface area contributed by atoms with Crippen molar-refractivity contribution in [3.05, 3.63) is 0 Å². The molecule has 3 amide bonds. The van der Waals surface area contributed by atoms with E-state index >= 15 is 0 Å². The number of amides is 3. The summed E-state index contributed by atoms with van der Waals surface area (Å²) in [4.78, 5) is 31.8. The average molecular weight is 202 g/mol. The molecule has 0 bridgehead atoms. The zero-order chi connectivity index (χ0) is 11.0. The predicted octanol–water partition coefficient (Wildman–Crippen LogP) is -2.95. The molecule has 0 aromatic rings. The molecule has 0 aliphatic heterocycles. The summed E-state index contributed by atoms with van der Waals surface area (Å²) in [5.41, 5.74) is 9.84. The van der Waals surface area contributed by atoms with Gasteiger partial charge >= 0.3 is 0 Å². The molecular weight excluding hydrogens is 188 g/mol. The summed E-state index contributed by atoms with van der Waals surface area (Å²) in [6.45, 7) is -0.129. The van der Waals surface area contributed by atoms with Crippen molar-refractivity contribution in [2.75, 3.05) is 19.6 Å². The fourth-order valence-corrected chi connectivity index (χ4v) is 0.639. The van der Waals surface area contributed by atoms with Gasteiger partial charge in [-0.15, -0.1) is 0 Å². The van der Waals surface area contributed by atoms with Gasteiger partial charge in [-0.05, 0) is 0 Å². The second-order valence-corrected chi connectivity index (χ2v) is 2.55. The Morgan fingerprint density at radius 3 is 2.21 bits per heavy atom. The van der Waals surface area contributed by atoms with Gasteiger partial charge in [0.15, 0.2) is 0 Å². The lowest BCUT2D eigenvalue weighted by atomic mass is 10.4. The van der Waals surface area contributed by atoms with Crippen molar-refractivity contribution < 1.29 is 14.4 Å². The van der Waals surface area contributed by atoms with Crippen LogP contribution >= 0.6 is 0 Å². The van der Waals surface area contributed by atoms with Crippen LogP contribution in [0.3, 0.4) is 0 Å². The van der Waals surface area contributed by atoms with Crippen molar-refractivity contribution >= 4 is 17.7 Å². The van der Waals surface area contributed by atoms with Crippen LogP contribution in [-0.2, 0) is 14.4 Å². The van der Waals surface area contributed by atoms with Gasteiger partial charge in [0.2, 0.25) is 17.7 Å². The lowest BCUT2D eigenvalue weighted by Crippen LogP contribution is -2.40. The van der Waals surface area contributed by atoms with Crippen LogP contribution in [0.25, 0.3) is 0 Å². The molecule has 14 heavy (non-hydrogen) atoms. The van der Waals surface area contributed by atoms with Crippen LogP contribution in [-0.4, -0.2) is 37.4 Å². The van der Waals surface area contributed by atoms with Gasteiger partial charge in [-0.2, -0.15) is 0 Å². The second kappa shape index (κ2) is 6.84. The summed E-state index contributed by atoms with van der Waals surface area (Å²) in [5, 5.41) is 4.68. The monoisotopic (exact) mass is 202 g/mol. The summed E-state index contributed by atoms with van der Waals surface area (Å²) in [6, 6.07) is 0. The number of nitrogens with one attached hydrogen (secondary N) is 2. The molecule has 0 heterocycles. The maximum Gasteiger partial charge on any atom is 0.239 e. The lowest BCUT2D eigenvalue weighted by molar-refractivity contribution is -0.125. The molecule has 7 nitrogen and oxygen atoms in total. The van der Waals surface area contributed by atoms with Gasteiger partial charge in [-0.25, -0.2) is 0 Å². The van der Waals surface area contributed by atoms with Gasteiger partial charge in [0.25, 0.3) is 0 Å². The Balaban J connectivity index is 3.46. The van der Waals surface area contributed by atoms with Gasteiger partial charge in [0.05, 0.1) is 13.1 Å². The molecule has 0 atom stereocenters. The van der Waals surface area contributed by atoms with Crippen LogP contribution in [0.4, 0.5) is 0 Å². The summed E-state index contributed by atoms with van der Waals surface area (Å²) in [7, 11) is 0. The van der Waals surface area contributed by atoms with Crippen LogP contribution in [0.15, 0.2) is 0 Å². The zero-order valence-corrected chi connectivity index (χ0v) is 7.71. The number of carbonyl (C=O) groups is 3. The standard InChI is InChI=1S/C7H14N4O3/c8-3-6(13)11-4-7(14)10-2-1-5(9)12/h1-4,8H2,(H2,9,12)(H,10,14)(H,11,13). The van der Waals surface area contributed by atoms with Gasteiger partial charge in [-0.1, -0.05) is 0 Å². The molecule has 6 N–H and O–H groups in total. The lowest BCUT2D eigenvalue weighted by Gasteiger charge is -2.04. The molecule has 0 spiro atoms. The van der Waals surface area contributed by atoms with Crippen molar-refractivity contribution in [2.24, 2.45) is 11.5 Å².